The number of nitriles is 1. The van der Waals surface area contributed by atoms with E-state index in [9.17, 15) is 0 Å². The van der Waals surface area contributed by atoms with Crippen molar-refractivity contribution in [2.24, 2.45) is 0 Å². The highest BCUT2D eigenvalue weighted by atomic mass is 16.5. The fourth-order valence-corrected chi connectivity index (χ4v) is 1.74. The summed E-state index contributed by atoms with van der Waals surface area (Å²) in [4.78, 5) is 4.27. The molecule has 1 aromatic carbocycles. The fourth-order valence-electron chi connectivity index (χ4n) is 1.74. The second-order valence-electron chi connectivity index (χ2n) is 4.12. The number of hydrogen-bond acceptors (Lipinski definition) is 3. The zero-order chi connectivity index (χ0) is 13.0. The van der Waals surface area contributed by atoms with Gasteiger partial charge >= 0.3 is 0 Å². The van der Waals surface area contributed by atoms with E-state index in [0.717, 1.165) is 11.3 Å². The standard InChI is InChI=1S/C15H14N2O/c1-11-8-13(10-16)9-15(17-11)18-12(2)14-6-4-3-5-7-14/h3-9,12H,1-2H3. The maximum absolute atomic E-state index is 8.90. The minimum absolute atomic E-state index is 0.0907. The molecule has 1 aromatic heterocycles. The van der Waals surface area contributed by atoms with Gasteiger partial charge in [0.05, 0.1) is 11.6 Å². The summed E-state index contributed by atoms with van der Waals surface area (Å²) in [5, 5.41) is 8.90. The fraction of sp³-hybridized carbons (Fsp3) is 0.200. The summed E-state index contributed by atoms with van der Waals surface area (Å²) in [6.07, 6.45) is -0.0907. The molecular formula is C15H14N2O. The van der Waals surface area contributed by atoms with Gasteiger partial charge < -0.3 is 4.74 Å². The third-order valence-corrected chi connectivity index (χ3v) is 2.63. The van der Waals surface area contributed by atoms with E-state index < -0.39 is 0 Å². The Kier molecular flexibility index (Phi) is 3.59. The second kappa shape index (κ2) is 5.33. The maximum Gasteiger partial charge on any atom is 0.215 e. The van der Waals surface area contributed by atoms with E-state index in [1.165, 1.54) is 0 Å². The zero-order valence-corrected chi connectivity index (χ0v) is 10.4. The lowest BCUT2D eigenvalue weighted by Crippen LogP contribution is -2.04. The molecule has 0 spiro atoms. The van der Waals surface area contributed by atoms with Gasteiger partial charge in [-0.05, 0) is 25.5 Å². The van der Waals surface area contributed by atoms with Crippen LogP contribution >= 0.6 is 0 Å². The van der Waals surface area contributed by atoms with E-state index in [1.54, 1.807) is 12.1 Å². The van der Waals surface area contributed by atoms with Crippen molar-refractivity contribution in [1.29, 1.82) is 5.26 Å². The molecule has 0 bridgehead atoms. The Morgan fingerprint density at radius 2 is 1.94 bits per heavy atom. The van der Waals surface area contributed by atoms with Gasteiger partial charge in [-0.15, -0.1) is 0 Å². The van der Waals surface area contributed by atoms with Crippen molar-refractivity contribution in [3.8, 4) is 11.9 Å². The average Bonchev–Trinajstić information content (AvgIpc) is 2.39. The van der Waals surface area contributed by atoms with Crippen molar-refractivity contribution < 1.29 is 4.74 Å². The molecule has 0 N–H and O–H groups in total. The highest BCUT2D eigenvalue weighted by molar-refractivity contribution is 5.34. The summed E-state index contributed by atoms with van der Waals surface area (Å²) in [6, 6.07) is 15.4. The van der Waals surface area contributed by atoms with Crippen molar-refractivity contribution in [3.05, 3.63) is 59.3 Å². The zero-order valence-electron chi connectivity index (χ0n) is 10.4. The Morgan fingerprint density at radius 1 is 1.22 bits per heavy atom. The quantitative estimate of drug-likeness (QED) is 0.823. The van der Waals surface area contributed by atoms with Crippen LogP contribution in [0.1, 0.15) is 29.8 Å². The van der Waals surface area contributed by atoms with Gasteiger partial charge in [0.1, 0.15) is 6.10 Å². The monoisotopic (exact) mass is 238 g/mol. The molecule has 3 heteroatoms. The van der Waals surface area contributed by atoms with Crippen LogP contribution in [0.4, 0.5) is 0 Å². The Labute approximate surface area is 107 Å². The van der Waals surface area contributed by atoms with Crippen molar-refractivity contribution in [1.82, 2.24) is 4.98 Å². The summed E-state index contributed by atoms with van der Waals surface area (Å²) in [7, 11) is 0. The summed E-state index contributed by atoms with van der Waals surface area (Å²) in [5.41, 5.74) is 2.43. The third kappa shape index (κ3) is 2.86. The molecule has 90 valence electrons. The minimum Gasteiger partial charge on any atom is -0.470 e. The van der Waals surface area contributed by atoms with Crippen LogP contribution in [-0.2, 0) is 0 Å². The summed E-state index contributed by atoms with van der Waals surface area (Å²) in [6.45, 7) is 3.81. The number of ether oxygens (including phenoxy) is 1. The van der Waals surface area contributed by atoms with Crippen LogP contribution in [0.2, 0.25) is 0 Å². The Balaban J connectivity index is 2.20. The topological polar surface area (TPSA) is 45.9 Å². The van der Waals surface area contributed by atoms with E-state index in [4.69, 9.17) is 10.00 Å². The van der Waals surface area contributed by atoms with Crippen molar-refractivity contribution in [3.63, 3.8) is 0 Å². The van der Waals surface area contributed by atoms with Crippen molar-refractivity contribution >= 4 is 0 Å². The number of benzene rings is 1. The van der Waals surface area contributed by atoms with Gasteiger partial charge in [-0.1, -0.05) is 30.3 Å². The normalized spacial score (nSPS) is 11.6. The third-order valence-electron chi connectivity index (χ3n) is 2.63. The van der Waals surface area contributed by atoms with E-state index in [-0.39, 0.29) is 6.10 Å². The summed E-state index contributed by atoms with van der Waals surface area (Å²) in [5.74, 6) is 0.489. The Hall–Kier alpha value is -2.34. The summed E-state index contributed by atoms with van der Waals surface area (Å²) < 4.78 is 5.76. The van der Waals surface area contributed by atoms with Crippen molar-refractivity contribution in [2.75, 3.05) is 0 Å². The first-order valence-corrected chi connectivity index (χ1v) is 5.79. The highest BCUT2D eigenvalue weighted by Crippen LogP contribution is 2.21. The van der Waals surface area contributed by atoms with Crippen LogP contribution in [0.3, 0.4) is 0 Å². The van der Waals surface area contributed by atoms with Gasteiger partial charge in [-0.25, -0.2) is 4.98 Å². The number of aromatic nitrogens is 1. The molecule has 0 aliphatic rings. The lowest BCUT2D eigenvalue weighted by Gasteiger charge is -2.14. The predicted octanol–water partition coefficient (Wildman–Crippen LogP) is 3.40. The number of nitrogens with zero attached hydrogens (tertiary/aromatic N) is 2. The van der Waals surface area contributed by atoms with Gasteiger partial charge in [0.2, 0.25) is 5.88 Å². The number of hydrogen-bond donors (Lipinski definition) is 0. The molecule has 0 saturated heterocycles. The number of aryl methyl sites for hydroxylation is 1. The lowest BCUT2D eigenvalue weighted by molar-refractivity contribution is 0.217. The molecule has 3 nitrogen and oxygen atoms in total. The van der Waals surface area contributed by atoms with Crippen LogP contribution in [0.5, 0.6) is 5.88 Å². The molecule has 0 saturated carbocycles. The second-order valence-corrected chi connectivity index (χ2v) is 4.12. The van der Waals surface area contributed by atoms with E-state index in [0.29, 0.717) is 11.4 Å². The average molecular weight is 238 g/mol. The van der Waals surface area contributed by atoms with E-state index >= 15 is 0 Å². The molecule has 0 amide bonds. The van der Waals surface area contributed by atoms with Crippen LogP contribution in [0.15, 0.2) is 42.5 Å². The largest absolute Gasteiger partial charge is 0.470 e. The maximum atomic E-state index is 8.90. The van der Waals surface area contributed by atoms with Gasteiger partial charge in [-0.2, -0.15) is 5.26 Å². The number of rotatable bonds is 3. The van der Waals surface area contributed by atoms with Crippen LogP contribution < -0.4 is 4.74 Å². The lowest BCUT2D eigenvalue weighted by atomic mass is 10.1. The molecule has 1 unspecified atom stereocenters. The Morgan fingerprint density at radius 3 is 2.61 bits per heavy atom. The minimum atomic E-state index is -0.0907. The molecule has 0 aliphatic heterocycles. The molecule has 2 aromatic rings. The van der Waals surface area contributed by atoms with Crippen LogP contribution in [0, 0.1) is 18.3 Å². The first-order valence-electron chi connectivity index (χ1n) is 5.79. The molecule has 18 heavy (non-hydrogen) atoms. The van der Waals surface area contributed by atoms with Gasteiger partial charge in [0.15, 0.2) is 0 Å². The van der Waals surface area contributed by atoms with E-state index in [2.05, 4.69) is 11.1 Å². The smallest absolute Gasteiger partial charge is 0.215 e. The van der Waals surface area contributed by atoms with Crippen LogP contribution in [0.25, 0.3) is 0 Å². The molecule has 1 atom stereocenters. The molecule has 1 heterocycles. The number of pyridine rings is 1. The SMILES string of the molecule is Cc1cc(C#N)cc(OC(C)c2ccccc2)n1. The summed E-state index contributed by atoms with van der Waals surface area (Å²) >= 11 is 0. The Bertz CT molecular complexity index is 573. The van der Waals surface area contributed by atoms with Crippen molar-refractivity contribution in [2.45, 2.75) is 20.0 Å². The predicted molar refractivity (Wildman–Crippen MR) is 69.2 cm³/mol. The first kappa shape index (κ1) is 12.1. The molecule has 0 radical (unpaired) electrons. The molecule has 0 aliphatic carbocycles. The molecule has 0 fully saturated rings. The van der Waals surface area contributed by atoms with Crippen LogP contribution in [-0.4, -0.2) is 4.98 Å². The van der Waals surface area contributed by atoms with E-state index in [1.807, 2.05) is 44.2 Å². The highest BCUT2D eigenvalue weighted by Gasteiger charge is 2.08. The van der Waals surface area contributed by atoms with Gasteiger partial charge in [0, 0.05) is 11.8 Å². The molecular weight excluding hydrogens is 224 g/mol. The molecule has 2 rings (SSSR count). The van der Waals surface area contributed by atoms with Gasteiger partial charge in [-0.3, -0.25) is 0 Å². The first-order chi connectivity index (χ1) is 8.69. The van der Waals surface area contributed by atoms with Gasteiger partial charge in [0.25, 0.3) is 0 Å².